The average Bonchev–Trinajstić information content (AvgIpc) is 2.66. The molecule has 0 saturated carbocycles. The molecule has 2 atom stereocenters. The highest BCUT2D eigenvalue weighted by molar-refractivity contribution is 5.95. The van der Waals surface area contributed by atoms with Crippen molar-refractivity contribution in [1.82, 2.24) is 10.3 Å². The molecule has 0 spiro atoms. The third-order valence-corrected chi connectivity index (χ3v) is 2.74. The van der Waals surface area contributed by atoms with Crippen LogP contribution in [0.1, 0.15) is 13.3 Å². The maximum Gasteiger partial charge on any atom is 0.241 e. The summed E-state index contributed by atoms with van der Waals surface area (Å²) in [4.78, 5) is 15.8. The molecule has 0 aromatic carbocycles. The Morgan fingerprint density at radius 1 is 1.67 bits per heavy atom. The maximum absolute atomic E-state index is 11.8. The summed E-state index contributed by atoms with van der Waals surface area (Å²) in [5, 5.41) is 6.04. The molecule has 2 heterocycles. The standard InChI is InChI=1S/C11H15N3O/c1-8-4-6-13-10(8)11(15)14-9-3-2-5-12-7-9/h2-3,5,7-8,10,13H,4,6H2,1H3,(H,14,15). The molecule has 1 amide bonds. The van der Waals surface area contributed by atoms with Crippen LogP contribution in [0.2, 0.25) is 0 Å². The number of anilines is 1. The van der Waals surface area contributed by atoms with Crippen molar-refractivity contribution in [3.8, 4) is 0 Å². The van der Waals surface area contributed by atoms with Gasteiger partial charge in [-0.2, -0.15) is 0 Å². The predicted octanol–water partition coefficient (Wildman–Crippen LogP) is 1.02. The van der Waals surface area contributed by atoms with E-state index in [-0.39, 0.29) is 11.9 Å². The van der Waals surface area contributed by atoms with Gasteiger partial charge in [0.2, 0.25) is 5.91 Å². The van der Waals surface area contributed by atoms with Crippen LogP contribution in [-0.4, -0.2) is 23.5 Å². The van der Waals surface area contributed by atoms with Crippen molar-refractivity contribution in [2.45, 2.75) is 19.4 Å². The van der Waals surface area contributed by atoms with E-state index in [0.717, 1.165) is 18.7 Å². The Balaban J connectivity index is 1.98. The molecule has 0 radical (unpaired) electrons. The lowest BCUT2D eigenvalue weighted by Gasteiger charge is -2.14. The van der Waals surface area contributed by atoms with E-state index in [1.165, 1.54) is 0 Å². The van der Waals surface area contributed by atoms with Crippen LogP contribution in [0.25, 0.3) is 0 Å². The van der Waals surface area contributed by atoms with Gasteiger partial charge in [-0.25, -0.2) is 0 Å². The SMILES string of the molecule is CC1CCNC1C(=O)Nc1cccnc1. The molecular formula is C11H15N3O. The van der Waals surface area contributed by atoms with Crippen molar-refractivity contribution in [2.75, 3.05) is 11.9 Å². The number of aromatic nitrogens is 1. The largest absolute Gasteiger partial charge is 0.323 e. The number of amides is 1. The Bertz CT molecular complexity index is 339. The number of nitrogens with one attached hydrogen (secondary N) is 2. The van der Waals surface area contributed by atoms with E-state index in [2.05, 4.69) is 22.5 Å². The van der Waals surface area contributed by atoms with E-state index in [4.69, 9.17) is 0 Å². The molecule has 4 heteroatoms. The summed E-state index contributed by atoms with van der Waals surface area (Å²) in [6.45, 7) is 3.01. The number of carbonyl (C=O) groups is 1. The third kappa shape index (κ3) is 2.33. The first-order chi connectivity index (χ1) is 7.27. The lowest BCUT2D eigenvalue weighted by atomic mass is 10.0. The van der Waals surface area contributed by atoms with Gasteiger partial charge in [0.05, 0.1) is 17.9 Å². The molecule has 1 fully saturated rings. The molecule has 1 aromatic heterocycles. The number of rotatable bonds is 2. The van der Waals surface area contributed by atoms with Crippen LogP contribution in [0.4, 0.5) is 5.69 Å². The predicted molar refractivity (Wildman–Crippen MR) is 58.4 cm³/mol. The Labute approximate surface area is 89.1 Å². The Morgan fingerprint density at radius 3 is 3.13 bits per heavy atom. The van der Waals surface area contributed by atoms with Crippen molar-refractivity contribution >= 4 is 11.6 Å². The van der Waals surface area contributed by atoms with Crippen LogP contribution in [-0.2, 0) is 4.79 Å². The highest BCUT2D eigenvalue weighted by atomic mass is 16.2. The second-order valence-electron chi connectivity index (χ2n) is 3.93. The number of carbonyl (C=O) groups excluding carboxylic acids is 1. The Morgan fingerprint density at radius 2 is 2.53 bits per heavy atom. The summed E-state index contributed by atoms with van der Waals surface area (Å²) in [5.41, 5.74) is 0.753. The highest BCUT2D eigenvalue weighted by Gasteiger charge is 2.29. The summed E-state index contributed by atoms with van der Waals surface area (Å²) < 4.78 is 0. The van der Waals surface area contributed by atoms with Crippen LogP contribution in [0.5, 0.6) is 0 Å². The van der Waals surface area contributed by atoms with Gasteiger partial charge in [-0.05, 0) is 31.0 Å². The Hall–Kier alpha value is -1.42. The molecule has 4 nitrogen and oxygen atoms in total. The molecule has 0 bridgehead atoms. The fourth-order valence-corrected chi connectivity index (χ4v) is 1.84. The fraction of sp³-hybridized carbons (Fsp3) is 0.455. The molecule has 80 valence electrons. The summed E-state index contributed by atoms with van der Waals surface area (Å²) in [7, 11) is 0. The first-order valence-corrected chi connectivity index (χ1v) is 5.21. The molecule has 0 aliphatic carbocycles. The monoisotopic (exact) mass is 205 g/mol. The zero-order valence-electron chi connectivity index (χ0n) is 8.73. The van der Waals surface area contributed by atoms with E-state index < -0.39 is 0 Å². The highest BCUT2D eigenvalue weighted by Crippen LogP contribution is 2.16. The van der Waals surface area contributed by atoms with Crippen LogP contribution >= 0.6 is 0 Å². The maximum atomic E-state index is 11.8. The summed E-state index contributed by atoms with van der Waals surface area (Å²) in [6.07, 6.45) is 4.40. The van der Waals surface area contributed by atoms with Crippen LogP contribution < -0.4 is 10.6 Å². The van der Waals surface area contributed by atoms with Crippen molar-refractivity contribution in [3.63, 3.8) is 0 Å². The van der Waals surface area contributed by atoms with E-state index in [1.54, 1.807) is 18.5 Å². The number of hydrogen-bond acceptors (Lipinski definition) is 3. The van der Waals surface area contributed by atoms with Gasteiger partial charge in [0.25, 0.3) is 0 Å². The molecule has 1 aromatic rings. The summed E-state index contributed by atoms with van der Waals surface area (Å²) in [6, 6.07) is 3.58. The van der Waals surface area contributed by atoms with Crippen molar-refractivity contribution in [3.05, 3.63) is 24.5 Å². The number of hydrogen-bond donors (Lipinski definition) is 2. The summed E-state index contributed by atoms with van der Waals surface area (Å²) in [5.74, 6) is 0.440. The third-order valence-electron chi connectivity index (χ3n) is 2.74. The van der Waals surface area contributed by atoms with Crippen molar-refractivity contribution in [1.29, 1.82) is 0 Å². The van der Waals surface area contributed by atoms with Gasteiger partial charge in [0.15, 0.2) is 0 Å². The van der Waals surface area contributed by atoms with Gasteiger partial charge in [0.1, 0.15) is 0 Å². The zero-order chi connectivity index (χ0) is 10.7. The number of nitrogens with zero attached hydrogens (tertiary/aromatic N) is 1. The van der Waals surface area contributed by atoms with E-state index in [9.17, 15) is 4.79 Å². The quantitative estimate of drug-likeness (QED) is 0.758. The molecule has 2 unspecified atom stereocenters. The van der Waals surface area contributed by atoms with Crippen LogP contribution in [0, 0.1) is 5.92 Å². The lowest BCUT2D eigenvalue weighted by Crippen LogP contribution is -2.39. The Kier molecular flexibility index (Phi) is 2.97. The minimum absolute atomic E-state index is 0.0352. The zero-order valence-corrected chi connectivity index (χ0v) is 8.73. The number of pyridine rings is 1. The fourth-order valence-electron chi connectivity index (χ4n) is 1.84. The molecular weight excluding hydrogens is 190 g/mol. The van der Waals surface area contributed by atoms with E-state index >= 15 is 0 Å². The van der Waals surface area contributed by atoms with Crippen LogP contribution in [0.15, 0.2) is 24.5 Å². The lowest BCUT2D eigenvalue weighted by molar-refractivity contribution is -0.118. The van der Waals surface area contributed by atoms with Gasteiger partial charge in [-0.1, -0.05) is 6.92 Å². The van der Waals surface area contributed by atoms with Gasteiger partial charge in [-0.15, -0.1) is 0 Å². The van der Waals surface area contributed by atoms with Gasteiger partial charge in [0, 0.05) is 6.20 Å². The molecule has 1 aliphatic rings. The molecule has 1 aliphatic heterocycles. The molecule has 2 N–H and O–H groups in total. The molecule has 15 heavy (non-hydrogen) atoms. The molecule has 2 rings (SSSR count). The minimum Gasteiger partial charge on any atom is -0.323 e. The van der Waals surface area contributed by atoms with Gasteiger partial charge < -0.3 is 10.6 Å². The first kappa shape index (κ1) is 10.1. The first-order valence-electron chi connectivity index (χ1n) is 5.21. The summed E-state index contributed by atoms with van der Waals surface area (Å²) >= 11 is 0. The average molecular weight is 205 g/mol. The molecule has 1 saturated heterocycles. The second kappa shape index (κ2) is 4.40. The van der Waals surface area contributed by atoms with E-state index in [1.807, 2.05) is 6.07 Å². The van der Waals surface area contributed by atoms with Gasteiger partial charge >= 0.3 is 0 Å². The normalized spacial score (nSPS) is 25.1. The van der Waals surface area contributed by atoms with Crippen molar-refractivity contribution in [2.24, 2.45) is 5.92 Å². The smallest absolute Gasteiger partial charge is 0.241 e. The van der Waals surface area contributed by atoms with Crippen LogP contribution in [0.3, 0.4) is 0 Å². The van der Waals surface area contributed by atoms with Crippen molar-refractivity contribution < 1.29 is 4.79 Å². The van der Waals surface area contributed by atoms with Gasteiger partial charge in [-0.3, -0.25) is 9.78 Å². The minimum atomic E-state index is -0.0646. The van der Waals surface area contributed by atoms with E-state index in [0.29, 0.717) is 5.92 Å². The topological polar surface area (TPSA) is 54.0 Å². The second-order valence-corrected chi connectivity index (χ2v) is 3.93.